The molecule has 0 unspecified atom stereocenters. The molecule has 64 valence electrons. The first-order valence-electron chi connectivity index (χ1n) is 3.79. The van der Waals surface area contributed by atoms with Crippen LogP contribution in [0.25, 0.3) is 0 Å². The normalized spacial score (nSPS) is 12.1. The lowest BCUT2D eigenvalue weighted by Gasteiger charge is -1.98. The molecule has 0 aromatic carbocycles. The molecule has 0 saturated heterocycles. The molecule has 0 bridgehead atoms. The molecular weight excluding hydrogens is 148 g/mol. The molecule has 0 amide bonds. The van der Waals surface area contributed by atoms with Crippen molar-refractivity contribution in [1.29, 1.82) is 5.26 Å². The van der Waals surface area contributed by atoms with Gasteiger partial charge in [0.05, 0.1) is 12.5 Å². The van der Waals surface area contributed by atoms with Crippen molar-refractivity contribution in [2.75, 3.05) is 7.05 Å². The van der Waals surface area contributed by atoms with Gasteiger partial charge in [0.15, 0.2) is 0 Å². The van der Waals surface area contributed by atoms with Crippen molar-refractivity contribution in [3.63, 3.8) is 0 Å². The van der Waals surface area contributed by atoms with Crippen molar-refractivity contribution >= 4 is 0 Å². The van der Waals surface area contributed by atoms with Crippen LogP contribution in [0.3, 0.4) is 0 Å². The average Bonchev–Trinajstić information content (AvgIpc) is 2.11. The molecule has 1 N–H and O–H groups in total. The summed E-state index contributed by atoms with van der Waals surface area (Å²) in [6.07, 6.45) is 6.00. The predicted octanol–water partition coefficient (Wildman–Crippen LogP) is 2.14. The highest BCUT2D eigenvalue weighted by Gasteiger charge is 1.88. The molecule has 0 aliphatic rings. The molecule has 0 radical (unpaired) electrons. The fourth-order valence-corrected chi connectivity index (χ4v) is 0.616. The quantitative estimate of drug-likeness (QED) is 0.643. The van der Waals surface area contributed by atoms with Crippen LogP contribution in [0.5, 0.6) is 0 Å². The van der Waals surface area contributed by atoms with Crippen LogP contribution < -0.4 is 5.32 Å². The Morgan fingerprint density at radius 2 is 2.25 bits per heavy atom. The van der Waals surface area contributed by atoms with Gasteiger partial charge in [-0.05, 0) is 13.0 Å². The number of allylic oxidation sites excluding steroid dienone is 5. The lowest BCUT2D eigenvalue weighted by Crippen LogP contribution is -2.04. The van der Waals surface area contributed by atoms with Crippen molar-refractivity contribution in [1.82, 2.24) is 5.32 Å². The van der Waals surface area contributed by atoms with E-state index in [1.807, 2.05) is 19.1 Å². The Kier molecular flexibility index (Phi) is 5.46. The summed E-state index contributed by atoms with van der Waals surface area (Å²) in [6.45, 7) is 5.59. The van der Waals surface area contributed by atoms with Gasteiger partial charge in [0.25, 0.3) is 0 Å². The number of hydrogen-bond acceptors (Lipinski definition) is 2. The van der Waals surface area contributed by atoms with E-state index in [0.717, 1.165) is 11.3 Å². The van der Waals surface area contributed by atoms with Crippen LogP contribution in [-0.4, -0.2) is 7.05 Å². The molecular formula is C10H14N2. The summed E-state index contributed by atoms with van der Waals surface area (Å²) in [4.78, 5) is 0. The number of hydrogen-bond donors (Lipinski definition) is 1. The highest BCUT2D eigenvalue weighted by Crippen LogP contribution is 1.98. The first-order valence-corrected chi connectivity index (χ1v) is 3.79. The predicted molar refractivity (Wildman–Crippen MR) is 51.3 cm³/mol. The van der Waals surface area contributed by atoms with E-state index in [2.05, 4.69) is 18.0 Å². The minimum Gasteiger partial charge on any atom is -0.391 e. The van der Waals surface area contributed by atoms with Gasteiger partial charge in [0, 0.05) is 12.7 Å². The SMILES string of the molecule is C=C/C(C)=C\C=C(/CC#N)NC. The van der Waals surface area contributed by atoms with Crippen LogP contribution >= 0.6 is 0 Å². The molecule has 0 heterocycles. The monoisotopic (exact) mass is 162 g/mol. The van der Waals surface area contributed by atoms with Gasteiger partial charge in [-0.3, -0.25) is 0 Å². The smallest absolute Gasteiger partial charge is 0.0749 e. The molecule has 0 aliphatic heterocycles. The Labute approximate surface area is 73.9 Å². The second-order valence-electron chi connectivity index (χ2n) is 2.39. The third-order valence-corrected chi connectivity index (χ3v) is 1.46. The van der Waals surface area contributed by atoms with Crippen molar-refractivity contribution in [2.45, 2.75) is 13.3 Å². The summed E-state index contributed by atoms with van der Waals surface area (Å²) in [6, 6.07) is 2.07. The third kappa shape index (κ3) is 4.35. The van der Waals surface area contributed by atoms with E-state index in [-0.39, 0.29) is 0 Å². The number of nitrogens with one attached hydrogen (secondary N) is 1. The summed E-state index contributed by atoms with van der Waals surface area (Å²) in [5.74, 6) is 0. The molecule has 2 heteroatoms. The lowest BCUT2D eigenvalue weighted by molar-refractivity contribution is 0.944. The standard InChI is InChI=1S/C10H14N2/c1-4-9(2)5-6-10(12-3)7-8-11/h4-6,12H,1,7H2,2-3H3/b9-5-,10-6+. The third-order valence-electron chi connectivity index (χ3n) is 1.46. The van der Waals surface area contributed by atoms with Gasteiger partial charge in [-0.2, -0.15) is 5.26 Å². The van der Waals surface area contributed by atoms with Gasteiger partial charge < -0.3 is 5.32 Å². The van der Waals surface area contributed by atoms with Crippen LogP contribution in [-0.2, 0) is 0 Å². The summed E-state index contributed by atoms with van der Waals surface area (Å²) in [5.41, 5.74) is 2.00. The molecule has 0 saturated carbocycles. The highest BCUT2D eigenvalue weighted by molar-refractivity contribution is 5.23. The van der Waals surface area contributed by atoms with E-state index in [4.69, 9.17) is 5.26 Å². The first kappa shape index (κ1) is 10.5. The van der Waals surface area contributed by atoms with Gasteiger partial charge >= 0.3 is 0 Å². The van der Waals surface area contributed by atoms with E-state index < -0.39 is 0 Å². The zero-order valence-corrected chi connectivity index (χ0v) is 7.59. The molecule has 0 aliphatic carbocycles. The van der Waals surface area contributed by atoms with E-state index in [1.54, 1.807) is 13.1 Å². The summed E-state index contributed by atoms with van der Waals surface area (Å²) < 4.78 is 0. The van der Waals surface area contributed by atoms with E-state index in [1.165, 1.54) is 0 Å². The molecule has 0 fully saturated rings. The summed E-state index contributed by atoms with van der Waals surface area (Å²) in [5, 5.41) is 11.4. The van der Waals surface area contributed by atoms with E-state index in [9.17, 15) is 0 Å². The molecule has 0 aromatic heterocycles. The fourth-order valence-electron chi connectivity index (χ4n) is 0.616. The molecule has 2 nitrogen and oxygen atoms in total. The summed E-state index contributed by atoms with van der Waals surface area (Å²) >= 11 is 0. The van der Waals surface area contributed by atoms with Crippen LogP contribution in [0, 0.1) is 11.3 Å². The Morgan fingerprint density at radius 1 is 1.58 bits per heavy atom. The number of nitrogens with zero attached hydrogens (tertiary/aromatic N) is 1. The van der Waals surface area contributed by atoms with Crippen LogP contribution in [0.4, 0.5) is 0 Å². The summed E-state index contributed by atoms with van der Waals surface area (Å²) in [7, 11) is 1.81. The average molecular weight is 162 g/mol. The van der Waals surface area contributed by atoms with Gasteiger partial charge in [-0.15, -0.1) is 0 Å². The number of rotatable bonds is 4. The number of nitriles is 1. The van der Waals surface area contributed by atoms with Gasteiger partial charge in [0.2, 0.25) is 0 Å². The zero-order chi connectivity index (χ0) is 9.40. The maximum absolute atomic E-state index is 8.42. The highest BCUT2D eigenvalue weighted by atomic mass is 14.8. The Balaban J connectivity index is 4.30. The molecule has 0 rings (SSSR count). The molecule has 12 heavy (non-hydrogen) atoms. The van der Waals surface area contributed by atoms with Gasteiger partial charge in [0.1, 0.15) is 0 Å². The largest absolute Gasteiger partial charge is 0.391 e. The van der Waals surface area contributed by atoms with Crippen molar-refractivity contribution in [3.8, 4) is 6.07 Å². The maximum Gasteiger partial charge on any atom is 0.0749 e. The Bertz CT molecular complexity index is 241. The topological polar surface area (TPSA) is 35.8 Å². The van der Waals surface area contributed by atoms with Gasteiger partial charge in [-0.1, -0.05) is 24.3 Å². The minimum absolute atomic E-state index is 0.414. The first-order chi connectivity index (χ1) is 5.74. The molecule has 0 atom stereocenters. The van der Waals surface area contributed by atoms with Crippen LogP contribution in [0.1, 0.15) is 13.3 Å². The minimum atomic E-state index is 0.414. The van der Waals surface area contributed by atoms with E-state index in [0.29, 0.717) is 6.42 Å². The molecule has 0 spiro atoms. The second kappa shape index (κ2) is 6.23. The fraction of sp³-hybridized carbons (Fsp3) is 0.300. The Hall–Kier alpha value is -1.49. The van der Waals surface area contributed by atoms with Crippen LogP contribution in [0.15, 0.2) is 36.1 Å². The van der Waals surface area contributed by atoms with E-state index >= 15 is 0 Å². The lowest BCUT2D eigenvalue weighted by atomic mass is 10.2. The van der Waals surface area contributed by atoms with Crippen molar-refractivity contribution < 1.29 is 0 Å². The molecule has 0 aromatic rings. The van der Waals surface area contributed by atoms with Gasteiger partial charge in [-0.25, -0.2) is 0 Å². The van der Waals surface area contributed by atoms with Crippen molar-refractivity contribution in [2.24, 2.45) is 0 Å². The second-order valence-corrected chi connectivity index (χ2v) is 2.39. The Morgan fingerprint density at radius 3 is 2.67 bits per heavy atom. The van der Waals surface area contributed by atoms with Crippen molar-refractivity contribution in [3.05, 3.63) is 36.1 Å². The maximum atomic E-state index is 8.42. The zero-order valence-electron chi connectivity index (χ0n) is 7.59. The van der Waals surface area contributed by atoms with Crippen LogP contribution in [0.2, 0.25) is 0 Å².